The summed E-state index contributed by atoms with van der Waals surface area (Å²) in [5.74, 6) is 0. The van der Waals surface area contributed by atoms with Crippen LogP contribution in [0.3, 0.4) is 0 Å². The van der Waals surface area contributed by atoms with Crippen molar-refractivity contribution in [2.75, 3.05) is 19.7 Å². The lowest BCUT2D eigenvalue weighted by Crippen LogP contribution is -2.44. The first-order valence-corrected chi connectivity index (χ1v) is 7.42. The van der Waals surface area contributed by atoms with Gasteiger partial charge < -0.3 is 9.72 Å². The third kappa shape index (κ3) is 2.32. The Kier molecular flexibility index (Phi) is 3.54. The number of nitrogens with one attached hydrogen (secondary N) is 1. The number of aromatic amines is 1. The zero-order valence-electron chi connectivity index (χ0n) is 9.54. The van der Waals surface area contributed by atoms with Crippen molar-refractivity contribution in [1.29, 1.82) is 5.26 Å². The summed E-state index contributed by atoms with van der Waals surface area (Å²) in [4.78, 5) is 13.2. The molecule has 1 fully saturated rings. The van der Waals surface area contributed by atoms with E-state index in [0.717, 1.165) is 0 Å². The molecule has 0 spiro atoms. The summed E-state index contributed by atoms with van der Waals surface area (Å²) < 4.78 is 30.9. The molecular weight excluding hydrogens is 278 g/mol. The quantitative estimate of drug-likeness (QED) is 0.802. The van der Waals surface area contributed by atoms with Crippen molar-refractivity contribution in [2.24, 2.45) is 0 Å². The average Bonchev–Trinajstić information content (AvgIpc) is 2.69. The predicted molar refractivity (Wildman–Crippen MR) is 63.8 cm³/mol. The molecule has 1 atom stereocenters. The van der Waals surface area contributed by atoms with E-state index < -0.39 is 21.0 Å². The molecule has 1 N–H and O–H groups in total. The lowest BCUT2D eigenvalue weighted by atomic mass is 10.3. The van der Waals surface area contributed by atoms with Crippen molar-refractivity contribution >= 4 is 21.4 Å². The van der Waals surface area contributed by atoms with Crippen LogP contribution in [0.15, 0.2) is 9.00 Å². The van der Waals surface area contributed by atoms with Crippen LogP contribution < -0.4 is 4.87 Å². The first-order chi connectivity index (χ1) is 8.45. The van der Waals surface area contributed by atoms with Gasteiger partial charge in [-0.25, -0.2) is 8.42 Å². The predicted octanol–water partition coefficient (Wildman–Crippen LogP) is -0.342. The molecule has 2 heterocycles. The summed E-state index contributed by atoms with van der Waals surface area (Å²) in [6.45, 7) is 1.89. The van der Waals surface area contributed by atoms with E-state index in [4.69, 9.17) is 10.00 Å². The monoisotopic (exact) mass is 289 g/mol. The van der Waals surface area contributed by atoms with E-state index >= 15 is 0 Å². The van der Waals surface area contributed by atoms with Gasteiger partial charge in [-0.15, -0.1) is 0 Å². The van der Waals surface area contributed by atoms with Crippen LogP contribution in [-0.2, 0) is 14.8 Å². The molecule has 2 rings (SSSR count). The summed E-state index contributed by atoms with van der Waals surface area (Å²) in [7, 11) is -3.73. The molecule has 1 unspecified atom stereocenters. The van der Waals surface area contributed by atoms with Crippen molar-refractivity contribution in [3.63, 3.8) is 0 Å². The summed E-state index contributed by atoms with van der Waals surface area (Å²) in [5, 5.41) is 8.75. The highest BCUT2D eigenvalue weighted by molar-refractivity contribution is 7.91. The minimum atomic E-state index is -3.73. The van der Waals surface area contributed by atoms with Crippen LogP contribution in [-0.4, -0.2) is 43.5 Å². The maximum Gasteiger partial charge on any atom is 0.305 e. The normalized spacial score (nSPS) is 21.7. The molecule has 1 aromatic heterocycles. The van der Waals surface area contributed by atoms with Crippen LogP contribution in [0.4, 0.5) is 0 Å². The Morgan fingerprint density at radius 2 is 2.33 bits per heavy atom. The van der Waals surface area contributed by atoms with Crippen molar-refractivity contribution in [1.82, 2.24) is 9.29 Å². The molecule has 1 aromatic rings. The molecule has 0 aliphatic carbocycles. The number of morpholine rings is 1. The van der Waals surface area contributed by atoms with Crippen LogP contribution in [0.1, 0.15) is 5.69 Å². The molecule has 1 saturated heterocycles. The van der Waals surface area contributed by atoms with Gasteiger partial charge in [0.05, 0.1) is 19.2 Å². The molecule has 1 aliphatic heterocycles. The molecule has 0 saturated carbocycles. The Labute approximate surface area is 108 Å². The van der Waals surface area contributed by atoms with Gasteiger partial charge in [0.15, 0.2) is 10.3 Å². The summed E-state index contributed by atoms with van der Waals surface area (Å²) in [6, 6.07) is 1.88. The zero-order chi connectivity index (χ0) is 13.3. The number of aryl methyl sites for hydroxylation is 1. The van der Waals surface area contributed by atoms with Crippen LogP contribution in [0, 0.1) is 18.3 Å². The lowest BCUT2D eigenvalue weighted by Gasteiger charge is -2.28. The van der Waals surface area contributed by atoms with Crippen LogP contribution in [0.25, 0.3) is 0 Å². The molecule has 0 radical (unpaired) electrons. The maximum absolute atomic E-state index is 12.3. The molecule has 0 amide bonds. The number of thiazole rings is 1. The second kappa shape index (κ2) is 4.81. The molecule has 7 nitrogen and oxygen atoms in total. The zero-order valence-corrected chi connectivity index (χ0v) is 11.2. The maximum atomic E-state index is 12.3. The Bertz CT molecular complexity index is 640. The fourth-order valence-corrected chi connectivity index (χ4v) is 4.54. The second-order valence-electron chi connectivity index (χ2n) is 3.78. The van der Waals surface area contributed by atoms with Crippen LogP contribution >= 0.6 is 11.3 Å². The number of hydrogen-bond acceptors (Lipinski definition) is 6. The second-order valence-corrected chi connectivity index (χ2v) is 6.89. The number of H-pyrrole nitrogens is 1. The van der Waals surface area contributed by atoms with Crippen LogP contribution in [0.2, 0.25) is 0 Å². The Morgan fingerprint density at radius 3 is 2.89 bits per heavy atom. The summed E-state index contributed by atoms with van der Waals surface area (Å²) in [6.07, 6.45) is -0.760. The van der Waals surface area contributed by atoms with Crippen molar-refractivity contribution in [3.05, 3.63) is 15.4 Å². The number of aromatic nitrogens is 1. The standard InChI is InChI=1S/C9H11N3O4S2/c1-6-8(17-9(13)11-6)18(14,15)12-2-3-16-7(4-10)5-12/h7H,2-3,5H2,1H3,(H,11,13). The van der Waals surface area contributed by atoms with Gasteiger partial charge >= 0.3 is 4.87 Å². The van der Waals surface area contributed by atoms with E-state index in [1.165, 1.54) is 11.2 Å². The topological polar surface area (TPSA) is 103 Å². The number of sulfonamides is 1. The summed E-state index contributed by atoms with van der Waals surface area (Å²) >= 11 is 0.659. The third-order valence-electron chi connectivity index (χ3n) is 2.53. The van der Waals surface area contributed by atoms with Gasteiger partial charge in [-0.1, -0.05) is 11.3 Å². The minimum absolute atomic E-state index is 0.00564. The van der Waals surface area contributed by atoms with Crippen molar-refractivity contribution in [3.8, 4) is 6.07 Å². The largest absolute Gasteiger partial charge is 0.361 e. The Morgan fingerprint density at radius 1 is 1.61 bits per heavy atom. The number of ether oxygens (including phenoxy) is 1. The van der Waals surface area contributed by atoms with E-state index in [2.05, 4.69) is 4.98 Å². The highest BCUT2D eigenvalue weighted by Crippen LogP contribution is 2.22. The van der Waals surface area contributed by atoms with Gasteiger partial charge in [0, 0.05) is 12.2 Å². The number of nitrogens with zero attached hydrogens (tertiary/aromatic N) is 2. The smallest absolute Gasteiger partial charge is 0.305 e. The van der Waals surface area contributed by atoms with Gasteiger partial charge in [0.1, 0.15) is 0 Å². The van der Waals surface area contributed by atoms with E-state index in [-0.39, 0.29) is 23.9 Å². The van der Waals surface area contributed by atoms with E-state index in [0.29, 0.717) is 17.0 Å². The van der Waals surface area contributed by atoms with E-state index in [1.54, 1.807) is 0 Å². The SMILES string of the molecule is Cc1[nH]c(=O)sc1S(=O)(=O)N1CCOC(C#N)C1. The van der Waals surface area contributed by atoms with Gasteiger partial charge in [-0.3, -0.25) is 4.79 Å². The van der Waals surface area contributed by atoms with Crippen LogP contribution in [0.5, 0.6) is 0 Å². The number of hydrogen-bond donors (Lipinski definition) is 1. The minimum Gasteiger partial charge on any atom is -0.361 e. The molecule has 1 aliphatic rings. The molecule has 0 bridgehead atoms. The number of rotatable bonds is 2. The van der Waals surface area contributed by atoms with Gasteiger partial charge in [0.2, 0.25) is 0 Å². The van der Waals surface area contributed by atoms with Crippen molar-refractivity contribution < 1.29 is 13.2 Å². The molecular formula is C9H11N3O4S2. The van der Waals surface area contributed by atoms with Crippen molar-refractivity contribution in [2.45, 2.75) is 17.2 Å². The molecule has 9 heteroatoms. The number of nitriles is 1. The fourth-order valence-electron chi connectivity index (χ4n) is 1.68. The van der Waals surface area contributed by atoms with Gasteiger partial charge in [-0.2, -0.15) is 9.57 Å². The van der Waals surface area contributed by atoms with E-state index in [1.807, 2.05) is 6.07 Å². The molecule has 18 heavy (non-hydrogen) atoms. The fraction of sp³-hybridized carbons (Fsp3) is 0.556. The first kappa shape index (κ1) is 13.2. The Hall–Kier alpha value is -1.21. The van der Waals surface area contributed by atoms with E-state index in [9.17, 15) is 13.2 Å². The lowest BCUT2D eigenvalue weighted by molar-refractivity contribution is 0.0312. The first-order valence-electron chi connectivity index (χ1n) is 5.16. The van der Waals surface area contributed by atoms with Gasteiger partial charge in [0.25, 0.3) is 10.0 Å². The summed E-state index contributed by atoms with van der Waals surface area (Å²) in [5.41, 5.74) is 0.324. The van der Waals surface area contributed by atoms with Gasteiger partial charge in [-0.05, 0) is 6.92 Å². The highest BCUT2D eigenvalue weighted by atomic mass is 32.2. The third-order valence-corrected chi connectivity index (χ3v) is 5.98. The highest BCUT2D eigenvalue weighted by Gasteiger charge is 2.33. The Balaban J connectivity index is 2.35. The molecule has 98 valence electrons. The molecule has 0 aromatic carbocycles. The average molecular weight is 289 g/mol.